The summed E-state index contributed by atoms with van der Waals surface area (Å²) in [5.74, 6) is -6.91. The van der Waals surface area contributed by atoms with Crippen molar-refractivity contribution in [3.63, 3.8) is 0 Å². The molecule has 0 saturated carbocycles. The summed E-state index contributed by atoms with van der Waals surface area (Å²) in [4.78, 5) is 9.81. The number of likely N-dealkylation sites (tertiary alicyclic amines) is 1. The van der Waals surface area contributed by atoms with Gasteiger partial charge in [-0.3, -0.25) is 4.79 Å². The van der Waals surface area contributed by atoms with Crippen LogP contribution >= 0.6 is 22.7 Å². The third-order valence-corrected chi connectivity index (χ3v) is 4.34. The lowest BCUT2D eigenvalue weighted by atomic mass is 9.98. The van der Waals surface area contributed by atoms with E-state index >= 15 is 0 Å². The van der Waals surface area contributed by atoms with Crippen molar-refractivity contribution in [2.24, 2.45) is 5.89 Å². The average molecular weight is 401 g/mol. The number of nitrogens with zero attached hydrogens (tertiary/aromatic N) is 1. The van der Waals surface area contributed by atoms with Gasteiger partial charge in [0.1, 0.15) is 0 Å². The number of aliphatic carboxylic acids is 1. The van der Waals surface area contributed by atoms with Crippen molar-refractivity contribution in [3.8, 4) is 0 Å². The number of thiophene rings is 2. The van der Waals surface area contributed by atoms with E-state index in [0.29, 0.717) is 0 Å². The second-order valence-electron chi connectivity index (χ2n) is 4.27. The van der Waals surface area contributed by atoms with Gasteiger partial charge in [-0.05, 0) is 73.2 Å². The van der Waals surface area contributed by atoms with Gasteiger partial charge in [0, 0.05) is 54.4 Å². The molecule has 1 atom stereocenters. The molecular weight excluding hydrogens is 350 g/mol. The molecule has 0 spiro atoms. The number of carboxylic acid groups (broad SMARTS) is 1. The number of rotatable bonds is 6. The molecule has 3 heterocycles. The van der Waals surface area contributed by atoms with Crippen LogP contribution < -0.4 is 0 Å². The Bertz CT molecular complexity index is 1660. The first kappa shape index (κ1) is 4.70. The topological polar surface area (TPSA) is 40.5 Å². The summed E-state index contributed by atoms with van der Waals surface area (Å²) in [5, 5.41) is 1.91. The van der Waals surface area contributed by atoms with Crippen LogP contribution in [0.2, 0.25) is 0 Å². The largest absolute Gasteiger partial charge is 0.481 e. The molecule has 1 N–H and O–H groups in total. The van der Waals surface area contributed by atoms with Crippen LogP contribution in [-0.2, 0) is 4.79 Å². The van der Waals surface area contributed by atoms with Crippen molar-refractivity contribution in [1.29, 1.82) is 1.43 Å². The van der Waals surface area contributed by atoms with E-state index in [1.807, 2.05) is 0 Å². The number of hydrogen-bond donors (Lipinski definition) is 1. The predicted molar refractivity (Wildman–Crippen MR) is 107 cm³/mol. The Kier molecular flexibility index (Phi) is 1.56. The van der Waals surface area contributed by atoms with Crippen LogP contribution in [0.4, 0.5) is 0 Å². The maximum Gasteiger partial charge on any atom is 0.307 e. The quantitative estimate of drug-likeness (QED) is 0.738. The Morgan fingerprint density at radius 1 is 1.56 bits per heavy atom. The summed E-state index contributed by atoms with van der Waals surface area (Å²) < 4.78 is 206. The first-order valence-corrected chi connectivity index (χ1v) is 8.03. The fraction of sp³-hybridized carbons (Fsp3) is 0.450. The van der Waals surface area contributed by atoms with Crippen molar-refractivity contribution in [2.45, 2.75) is 32.8 Å². The highest BCUT2D eigenvalue weighted by atomic mass is 32.1. The SMILES string of the molecule is [2H]OC(=O)[C@@]1([2H])C([2H])([2H])N(C([2H])([2H])C([2H])([2H])C([2H])=C(c2sc([2H])c([2H])c2C([2H])([2H])[2H])c2sc([2H])c([2H])c2C([2H])([2H])[2H])C([2H])([2H])C([2H])([2H])C1([2H])[2H]. The van der Waals surface area contributed by atoms with Gasteiger partial charge in [0.05, 0.1) is 12.7 Å². The van der Waals surface area contributed by atoms with Crippen molar-refractivity contribution >= 4 is 34.2 Å². The third kappa shape index (κ3) is 4.40. The van der Waals surface area contributed by atoms with Crippen LogP contribution in [0.5, 0.6) is 0 Å². The number of carboxylic acids is 1. The minimum atomic E-state index is -4.57. The van der Waals surface area contributed by atoms with Gasteiger partial charge in [0.15, 0.2) is 0 Å². The Morgan fingerprint density at radius 2 is 2.28 bits per heavy atom. The summed E-state index contributed by atoms with van der Waals surface area (Å²) in [6.07, 6.45) is -13.0. The molecule has 0 aromatic carbocycles. The molecule has 0 radical (unpaired) electrons. The van der Waals surface area contributed by atoms with Crippen LogP contribution in [-0.4, -0.2) is 35.5 Å². The molecule has 1 aliphatic rings. The van der Waals surface area contributed by atoms with Gasteiger partial charge in [0.2, 0.25) is 0 Å². The molecule has 0 bridgehead atoms. The van der Waals surface area contributed by atoms with E-state index in [-0.39, 0.29) is 22.7 Å². The van der Waals surface area contributed by atoms with Gasteiger partial charge in [-0.15, -0.1) is 22.7 Å². The fourth-order valence-corrected chi connectivity index (χ4v) is 3.04. The molecule has 0 aliphatic carbocycles. The molecule has 1 aliphatic heterocycles. The van der Waals surface area contributed by atoms with Gasteiger partial charge in [-0.2, -0.15) is 0 Å². The highest BCUT2D eigenvalue weighted by Gasteiger charge is 2.24. The molecular formula is C20H25NO2S2. The van der Waals surface area contributed by atoms with E-state index < -0.39 is 124 Å². The number of hydrogen-bond acceptors (Lipinski definition) is 5. The number of carbonyl (C=O) groups is 1. The smallest absolute Gasteiger partial charge is 0.307 e. The lowest BCUT2D eigenvalue weighted by molar-refractivity contribution is -0.143. The normalized spacial score (nSPS) is 45.8. The second kappa shape index (κ2) is 8.30. The Morgan fingerprint density at radius 3 is 2.92 bits per heavy atom. The van der Waals surface area contributed by atoms with Crippen LogP contribution in [0.3, 0.4) is 0 Å². The van der Waals surface area contributed by atoms with E-state index in [0.717, 1.165) is 0 Å². The van der Waals surface area contributed by atoms with Gasteiger partial charge >= 0.3 is 5.97 Å². The summed E-state index contributed by atoms with van der Waals surface area (Å²) in [5.41, 5.74) is -3.39. The van der Waals surface area contributed by atoms with Crippen molar-refractivity contribution in [3.05, 3.63) is 49.7 Å². The summed E-state index contributed by atoms with van der Waals surface area (Å²) in [7, 11) is 0. The third-order valence-electron chi connectivity index (χ3n) is 2.70. The minimum absolute atomic E-state index is 0.0710. The van der Waals surface area contributed by atoms with Crippen molar-refractivity contribution < 1.29 is 42.8 Å². The molecule has 5 heteroatoms. The van der Waals surface area contributed by atoms with Crippen molar-refractivity contribution in [1.82, 2.24) is 4.90 Å². The lowest BCUT2D eigenvalue weighted by Crippen LogP contribution is -2.39. The fourth-order valence-electron chi connectivity index (χ4n) is 1.65. The molecule has 3 nitrogen and oxygen atoms in total. The zero-order valence-corrected chi connectivity index (χ0v) is 13.7. The Hall–Kier alpha value is -1.43. The molecule has 0 unspecified atom stereocenters. The molecule has 2 aromatic heterocycles. The molecule has 25 heavy (non-hydrogen) atoms. The predicted octanol–water partition coefficient (Wildman–Crippen LogP) is 5.04. The summed E-state index contributed by atoms with van der Waals surface area (Å²) in [6, 6.07) is -3.91. The van der Waals surface area contributed by atoms with E-state index in [1.165, 1.54) is 0 Å². The molecule has 2 aromatic rings. The van der Waals surface area contributed by atoms with Gasteiger partial charge in [-0.25, -0.2) is 0 Å². The lowest BCUT2D eigenvalue weighted by Gasteiger charge is -2.30. The van der Waals surface area contributed by atoms with Crippen molar-refractivity contribution in [2.75, 3.05) is 19.5 Å². The van der Waals surface area contributed by atoms with Gasteiger partial charge < -0.3 is 10.0 Å². The van der Waals surface area contributed by atoms with E-state index in [9.17, 15) is 4.79 Å². The number of piperidine rings is 1. The average Bonchev–Trinajstić information content (AvgIpc) is 3.39. The first-order valence-electron chi connectivity index (χ1n) is 18.8. The van der Waals surface area contributed by atoms with Crippen LogP contribution in [0.1, 0.15) is 72.9 Å². The highest BCUT2D eigenvalue weighted by molar-refractivity contribution is 7.14. The first-order chi connectivity index (χ1) is 22.0. The zero-order valence-electron chi connectivity index (χ0n) is 37.1. The summed E-state index contributed by atoms with van der Waals surface area (Å²) in [6.45, 7) is -20.2. The molecule has 134 valence electrons. The highest BCUT2D eigenvalue weighted by Crippen LogP contribution is 2.35. The van der Waals surface area contributed by atoms with Crippen LogP contribution in [0.25, 0.3) is 7.00 Å². The van der Waals surface area contributed by atoms with Gasteiger partial charge in [0.25, 0.3) is 1.43 Å². The Balaban J connectivity index is 2.64. The van der Waals surface area contributed by atoms with Crippen LogP contribution in [0.15, 0.2) is 28.8 Å². The zero-order chi connectivity index (χ0) is 39.5. The standard InChI is InChI=1S/C20H25NO2S2/c1-14-7-11-24-18(14)17(19-15(2)8-12-25-19)6-4-10-21-9-3-5-16(13-21)20(22)23/h6-8,11-12,16H,3-5,9-10,13H2,1-2H3,(H,22,23)/t16-/m1/s1/i1D3,2D3,3D2,4D2,5D2,6D,7D,8D,9D2,10D2,11D,12D,13D2,16D/hD. The molecule has 1 fully saturated rings. The monoisotopic (exact) mass is 400 g/mol. The Labute approximate surface area is 192 Å². The maximum atomic E-state index is 12.7. The minimum Gasteiger partial charge on any atom is -0.481 e. The van der Waals surface area contributed by atoms with Crippen LogP contribution in [0, 0.1) is 19.6 Å². The molecule has 0 amide bonds. The van der Waals surface area contributed by atoms with E-state index in [4.69, 9.17) is 34.3 Å². The maximum absolute atomic E-state index is 12.7. The second-order valence-corrected chi connectivity index (χ2v) is 5.91. The van der Waals surface area contributed by atoms with E-state index in [1.54, 1.807) is 0 Å². The molecule has 1 saturated heterocycles. The van der Waals surface area contributed by atoms with E-state index in [2.05, 4.69) is 5.11 Å². The van der Waals surface area contributed by atoms with Gasteiger partial charge in [-0.1, -0.05) is 6.05 Å². The molecule has 3 rings (SSSR count). The summed E-state index contributed by atoms with van der Waals surface area (Å²) >= 11 is 0.142.